The van der Waals surface area contributed by atoms with E-state index in [9.17, 15) is 9.59 Å². The number of H-pyrrole nitrogens is 1. The molecule has 2 rings (SSSR count). The van der Waals surface area contributed by atoms with Crippen molar-refractivity contribution in [2.75, 3.05) is 10.6 Å². The smallest absolute Gasteiger partial charge is 0.316 e. The summed E-state index contributed by atoms with van der Waals surface area (Å²) in [4.78, 5) is 26.7. The van der Waals surface area contributed by atoms with Gasteiger partial charge >= 0.3 is 11.8 Å². The topological polar surface area (TPSA) is 99.8 Å². The third kappa shape index (κ3) is 3.14. The van der Waals surface area contributed by atoms with Gasteiger partial charge in [-0.05, 0) is 18.2 Å². The first-order chi connectivity index (χ1) is 8.65. The molecule has 0 spiro atoms. The summed E-state index contributed by atoms with van der Waals surface area (Å²) in [6, 6.07) is 6.91. The van der Waals surface area contributed by atoms with Crippen LogP contribution in [-0.4, -0.2) is 27.0 Å². The molecule has 0 aliphatic carbocycles. The number of rotatable bonds is 2. The Balaban J connectivity index is 1.97. The Hall–Kier alpha value is -2.22. The largest absolute Gasteiger partial charge is 0.318 e. The molecule has 3 N–H and O–H groups in total. The van der Waals surface area contributed by atoms with Crippen molar-refractivity contribution < 1.29 is 9.59 Å². The molecular formula is C10H8BrN5O2. The summed E-state index contributed by atoms with van der Waals surface area (Å²) in [5, 5.41) is 10.7. The molecule has 1 aromatic heterocycles. The van der Waals surface area contributed by atoms with Gasteiger partial charge in [-0.2, -0.15) is 10.1 Å². The van der Waals surface area contributed by atoms with E-state index >= 15 is 0 Å². The van der Waals surface area contributed by atoms with Gasteiger partial charge in [-0.3, -0.25) is 14.9 Å². The number of aromatic nitrogens is 3. The van der Waals surface area contributed by atoms with Gasteiger partial charge in [0.25, 0.3) is 0 Å². The lowest BCUT2D eigenvalue weighted by molar-refractivity contribution is -0.133. The second-order valence-electron chi connectivity index (χ2n) is 3.25. The molecule has 0 fully saturated rings. The highest BCUT2D eigenvalue weighted by atomic mass is 79.9. The third-order valence-corrected chi connectivity index (χ3v) is 2.43. The van der Waals surface area contributed by atoms with Crippen LogP contribution in [0.25, 0.3) is 0 Å². The number of amides is 2. The number of hydrogen-bond donors (Lipinski definition) is 3. The van der Waals surface area contributed by atoms with Crippen LogP contribution in [0.5, 0.6) is 0 Å². The molecule has 1 heterocycles. The Morgan fingerprint density at radius 2 is 2.00 bits per heavy atom. The Kier molecular flexibility index (Phi) is 3.68. The normalized spacial score (nSPS) is 9.83. The molecular weight excluding hydrogens is 302 g/mol. The van der Waals surface area contributed by atoms with Crippen molar-refractivity contribution in [3.8, 4) is 0 Å². The van der Waals surface area contributed by atoms with E-state index in [1.165, 1.54) is 6.33 Å². The van der Waals surface area contributed by atoms with Crippen molar-refractivity contribution >= 4 is 39.4 Å². The van der Waals surface area contributed by atoms with Crippen LogP contribution < -0.4 is 10.6 Å². The summed E-state index contributed by atoms with van der Waals surface area (Å²) in [5.41, 5.74) is 0.516. The minimum atomic E-state index is -0.827. The number of aromatic amines is 1. The van der Waals surface area contributed by atoms with Crippen LogP contribution in [-0.2, 0) is 9.59 Å². The molecule has 0 saturated heterocycles. The lowest BCUT2D eigenvalue weighted by Gasteiger charge is -2.04. The Bertz CT molecular complexity index is 569. The molecule has 0 bridgehead atoms. The molecule has 0 aliphatic rings. The van der Waals surface area contributed by atoms with Crippen molar-refractivity contribution in [1.29, 1.82) is 0 Å². The predicted octanol–water partition coefficient (Wildman–Crippen LogP) is 1.14. The van der Waals surface area contributed by atoms with Crippen LogP contribution in [0.2, 0.25) is 0 Å². The molecule has 0 atom stereocenters. The lowest BCUT2D eigenvalue weighted by Crippen LogP contribution is -2.29. The van der Waals surface area contributed by atoms with Gasteiger partial charge in [-0.15, -0.1) is 0 Å². The minimum Gasteiger partial charge on any atom is -0.318 e. The maximum atomic E-state index is 11.5. The van der Waals surface area contributed by atoms with Gasteiger partial charge in [0.05, 0.1) is 0 Å². The van der Waals surface area contributed by atoms with Gasteiger partial charge in [-0.1, -0.05) is 22.0 Å². The number of hydrogen-bond acceptors (Lipinski definition) is 4. The zero-order valence-corrected chi connectivity index (χ0v) is 10.6. The molecule has 18 heavy (non-hydrogen) atoms. The summed E-state index contributed by atoms with van der Waals surface area (Å²) in [6.07, 6.45) is 1.22. The molecule has 7 nitrogen and oxygen atoms in total. The maximum absolute atomic E-state index is 11.5. The molecule has 1 aromatic carbocycles. The number of nitrogens with one attached hydrogen (secondary N) is 3. The molecule has 8 heteroatoms. The quantitative estimate of drug-likeness (QED) is 0.724. The van der Waals surface area contributed by atoms with E-state index in [0.717, 1.165) is 4.47 Å². The fourth-order valence-electron chi connectivity index (χ4n) is 1.18. The number of carbonyl (C=O) groups excluding carboxylic acids is 2. The van der Waals surface area contributed by atoms with Crippen LogP contribution in [0.4, 0.5) is 11.6 Å². The van der Waals surface area contributed by atoms with E-state index in [2.05, 4.69) is 41.7 Å². The zero-order valence-electron chi connectivity index (χ0n) is 8.98. The molecule has 0 radical (unpaired) electrons. The van der Waals surface area contributed by atoms with Crippen molar-refractivity contribution in [3.05, 3.63) is 35.1 Å². The van der Waals surface area contributed by atoms with Crippen molar-refractivity contribution in [3.63, 3.8) is 0 Å². The molecule has 0 unspecified atom stereocenters. The second kappa shape index (κ2) is 5.41. The van der Waals surface area contributed by atoms with Crippen molar-refractivity contribution in [2.24, 2.45) is 0 Å². The Morgan fingerprint density at radius 3 is 2.67 bits per heavy atom. The second-order valence-corrected chi connectivity index (χ2v) is 4.17. The number of anilines is 2. The fourth-order valence-corrected chi connectivity index (χ4v) is 1.58. The first kappa shape index (κ1) is 12.2. The van der Waals surface area contributed by atoms with E-state index in [-0.39, 0.29) is 5.95 Å². The fraction of sp³-hybridized carbons (Fsp3) is 0. The molecule has 92 valence electrons. The summed E-state index contributed by atoms with van der Waals surface area (Å²) in [6.45, 7) is 0. The van der Waals surface area contributed by atoms with Crippen molar-refractivity contribution in [1.82, 2.24) is 15.2 Å². The summed E-state index contributed by atoms with van der Waals surface area (Å²) in [5.74, 6) is -1.50. The van der Waals surface area contributed by atoms with Crippen LogP contribution in [0.15, 0.2) is 35.1 Å². The van der Waals surface area contributed by atoms with Crippen LogP contribution in [0.1, 0.15) is 0 Å². The number of carbonyl (C=O) groups is 2. The molecule has 0 saturated carbocycles. The zero-order chi connectivity index (χ0) is 13.0. The standard InChI is InChI=1S/C10H8BrN5O2/c11-6-2-1-3-7(4-6)14-8(17)9(18)15-10-12-5-13-16-10/h1-5H,(H,14,17)(H2,12,13,15,16,18). The van der Waals surface area contributed by atoms with Gasteiger partial charge in [0.15, 0.2) is 0 Å². The third-order valence-electron chi connectivity index (χ3n) is 1.94. The summed E-state index contributed by atoms with van der Waals surface area (Å²) >= 11 is 3.26. The highest BCUT2D eigenvalue weighted by Crippen LogP contribution is 2.15. The van der Waals surface area contributed by atoms with Crippen LogP contribution in [0.3, 0.4) is 0 Å². The first-order valence-corrected chi connectivity index (χ1v) is 5.68. The first-order valence-electron chi connectivity index (χ1n) is 4.88. The van der Waals surface area contributed by atoms with Crippen molar-refractivity contribution in [2.45, 2.75) is 0 Å². The molecule has 0 aliphatic heterocycles. The number of nitrogens with zero attached hydrogens (tertiary/aromatic N) is 2. The van der Waals surface area contributed by atoms with Gasteiger partial charge < -0.3 is 5.32 Å². The maximum Gasteiger partial charge on any atom is 0.316 e. The minimum absolute atomic E-state index is 0.115. The number of halogens is 1. The van der Waals surface area contributed by atoms with Crippen LogP contribution >= 0.6 is 15.9 Å². The van der Waals surface area contributed by atoms with E-state index in [1.54, 1.807) is 18.2 Å². The van der Waals surface area contributed by atoms with E-state index in [0.29, 0.717) is 5.69 Å². The molecule has 2 aromatic rings. The molecule has 2 amide bonds. The Labute approximate surface area is 110 Å². The van der Waals surface area contributed by atoms with E-state index in [1.807, 2.05) is 6.07 Å². The van der Waals surface area contributed by atoms with Gasteiger partial charge in [0.1, 0.15) is 6.33 Å². The predicted molar refractivity (Wildman–Crippen MR) is 67.8 cm³/mol. The summed E-state index contributed by atoms with van der Waals surface area (Å²) < 4.78 is 0.802. The average Bonchev–Trinajstić information content (AvgIpc) is 2.81. The number of benzene rings is 1. The van der Waals surface area contributed by atoms with Crippen LogP contribution in [0, 0.1) is 0 Å². The van der Waals surface area contributed by atoms with Gasteiger partial charge in [0, 0.05) is 10.2 Å². The van der Waals surface area contributed by atoms with E-state index in [4.69, 9.17) is 0 Å². The van der Waals surface area contributed by atoms with E-state index < -0.39 is 11.8 Å². The van der Waals surface area contributed by atoms with Gasteiger partial charge in [0.2, 0.25) is 5.95 Å². The lowest BCUT2D eigenvalue weighted by atomic mass is 10.3. The Morgan fingerprint density at radius 1 is 1.22 bits per heavy atom. The highest BCUT2D eigenvalue weighted by molar-refractivity contribution is 9.10. The summed E-state index contributed by atoms with van der Waals surface area (Å²) in [7, 11) is 0. The monoisotopic (exact) mass is 309 g/mol. The highest BCUT2D eigenvalue weighted by Gasteiger charge is 2.15. The SMILES string of the molecule is O=C(Nc1cccc(Br)c1)C(=O)Nc1ncn[nH]1. The van der Waals surface area contributed by atoms with Gasteiger partial charge in [-0.25, -0.2) is 5.10 Å². The average molecular weight is 310 g/mol.